The van der Waals surface area contributed by atoms with Crippen molar-refractivity contribution < 1.29 is 18.3 Å². The Balaban J connectivity index is 1.78. The molecule has 0 unspecified atom stereocenters. The van der Waals surface area contributed by atoms with Crippen molar-refractivity contribution in [2.45, 2.75) is 19.9 Å². The van der Waals surface area contributed by atoms with Crippen LogP contribution >= 0.6 is 0 Å². The Bertz CT molecular complexity index is 777. The Morgan fingerprint density at radius 2 is 2.12 bits per heavy atom. The fourth-order valence-corrected chi connectivity index (χ4v) is 1.93. The number of aromatic nitrogens is 2. The van der Waals surface area contributed by atoms with Gasteiger partial charge in [-0.2, -0.15) is 0 Å². The van der Waals surface area contributed by atoms with Crippen LogP contribution in [0.1, 0.15) is 12.6 Å². The maximum Gasteiger partial charge on any atom is 0.258 e. The summed E-state index contributed by atoms with van der Waals surface area (Å²) < 4.78 is 32.4. The first-order valence-electron chi connectivity index (χ1n) is 7.39. The van der Waals surface area contributed by atoms with Crippen molar-refractivity contribution in [1.82, 2.24) is 14.9 Å². The molecule has 1 N–H and O–H groups in total. The van der Waals surface area contributed by atoms with Crippen LogP contribution in [-0.2, 0) is 17.8 Å². The lowest BCUT2D eigenvalue weighted by atomic mass is 10.3. The first-order valence-corrected chi connectivity index (χ1v) is 7.39. The highest BCUT2D eigenvalue weighted by molar-refractivity contribution is 5.77. The van der Waals surface area contributed by atoms with Crippen LogP contribution in [0.15, 0.2) is 35.4 Å². The SMILES string of the molecule is CCc1cc(=O)n(CCNC(=O)COc2ccc(F)cc2F)cn1. The van der Waals surface area contributed by atoms with E-state index in [1.165, 1.54) is 17.0 Å². The second-order valence-electron chi connectivity index (χ2n) is 4.98. The molecule has 0 saturated heterocycles. The molecule has 24 heavy (non-hydrogen) atoms. The first-order chi connectivity index (χ1) is 11.5. The number of rotatable bonds is 7. The van der Waals surface area contributed by atoms with Crippen LogP contribution < -0.4 is 15.6 Å². The van der Waals surface area contributed by atoms with Gasteiger partial charge in [0.1, 0.15) is 5.82 Å². The standard InChI is InChI=1S/C16H17F2N3O3/c1-2-12-8-16(23)21(10-20-12)6-5-19-15(22)9-24-14-4-3-11(17)7-13(14)18/h3-4,7-8,10H,2,5-6,9H2,1H3,(H,19,22). The van der Waals surface area contributed by atoms with E-state index in [1.54, 1.807) is 0 Å². The van der Waals surface area contributed by atoms with Gasteiger partial charge in [-0.25, -0.2) is 13.8 Å². The molecular formula is C16H17F2N3O3. The van der Waals surface area contributed by atoms with Gasteiger partial charge >= 0.3 is 0 Å². The number of hydrogen-bond acceptors (Lipinski definition) is 4. The molecule has 0 atom stereocenters. The highest BCUT2D eigenvalue weighted by Gasteiger charge is 2.08. The molecule has 0 fully saturated rings. The Morgan fingerprint density at radius 1 is 1.33 bits per heavy atom. The summed E-state index contributed by atoms with van der Waals surface area (Å²) in [4.78, 5) is 27.5. The summed E-state index contributed by atoms with van der Waals surface area (Å²) in [6, 6.07) is 4.27. The number of carbonyl (C=O) groups excluding carboxylic acids is 1. The van der Waals surface area contributed by atoms with Gasteiger partial charge in [-0.3, -0.25) is 14.2 Å². The molecule has 128 valence electrons. The second kappa shape index (κ2) is 8.19. The van der Waals surface area contributed by atoms with Gasteiger partial charge in [-0.1, -0.05) is 6.92 Å². The smallest absolute Gasteiger partial charge is 0.258 e. The maximum atomic E-state index is 13.3. The lowest BCUT2D eigenvalue weighted by molar-refractivity contribution is -0.123. The fourth-order valence-electron chi connectivity index (χ4n) is 1.93. The van der Waals surface area contributed by atoms with E-state index < -0.39 is 24.1 Å². The molecule has 1 aromatic heterocycles. The summed E-state index contributed by atoms with van der Waals surface area (Å²) in [7, 11) is 0. The second-order valence-corrected chi connectivity index (χ2v) is 4.98. The average molecular weight is 337 g/mol. The number of amides is 1. The molecule has 0 radical (unpaired) electrons. The predicted molar refractivity (Wildman–Crippen MR) is 82.7 cm³/mol. The Morgan fingerprint density at radius 3 is 2.79 bits per heavy atom. The van der Waals surface area contributed by atoms with Crippen molar-refractivity contribution in [3.8, 4) is 5.75 Å². The monoisotopic (exact) mass is 337 g/mol. The van der Waals surface area contributed by atoms with Crippen LogP contribution in [0, 0.1) is 11.6 Å². The summed E-state index contributed by atoms with van der Waals surface area (Å²) in [6.45, 7) is 1.94. The molecule has 0 aliphatic heterocycles. The normalized spacial score (nSPS) is 10.5. The first kappa shape index (κ1) is 17.6. The van der Waals surface area contributed by atoms with Crippen molar-refractivity contribution in [1.29, 1.82) is 0 Å². The minimum absolute atomic E-state index is 0.194. The number of nitrogens with one attached hydrogen (secondary N) is 1. The molecule has 2 aromatic rings. The van der Waals surface area contributed by atoms with E-state index in [4.69, 9.17) is 4.74 Å². The van der Waals surface area contributed by atoms with Crippen molar-refractivity contribution in [2.75, 3.05) is 13.2 Å². The van der Waals surface area contributed by atoms with Gasteiger partial charge in [-0.15, -0.1) is 0 Å². The number of ether oxygens (including phenoxy) is 1. The lowest BCUT2D eigenvalue weighted by Crippen LogP contribution is -2.33. The summed E-state index contributed by atoms with van der Waals surface area (Å²) in [5, 5.41) is 2.54. The van der Waals surface area contributed by atoms with Crippen molar-refractivity contribution in [2.24, 2.45) is 0 Å². The Labute approximate surface area is 137 Å². The number of hydrogen-bond donors (Lipinski definition) is 1. The Kier molecular flexibility index (Phi) is 6.00. The highest BCUT2D eigenvalue weighted by atomic mass is 19.1. The molecule has 0 aliphatic carbocycles. The van der Waals surface area contributed by atoms with Crippen LogP contribution in [0.2, 0.25) is 0 Å². The number of benzene rings is 1. The quantitative estimate of drug-likeness (QED) is 0.826. The van der Waals surface area contributed by atoms with Crippen LogP contribution in [0.5, 0.6) is 5.75 Å². The van der Waals surface area contributed by atoms with E-state index in [2.05, 4.69) is 10.3 Å². The van der Waals surface area contributed by atoms with Gasteiger partial charge in [0, 0.05) is 30.9 Å². The number of nitrogens with zero attached hydrogens (tertiary/aromatic N) is 2. The highest BCUT2D eigenvalue weighted by Crippen LogP contribution is 2.17. The number of carbonyl (C=O) groups is 1. The summed E-state index contributed by atoms with van der Waals surface area (Å²) in [6.07, 6.45) is 2.10. The maximum absolute atomic E-state index is 13.3. The molecule has 0 saturated carbocycles. The van der Waals surface area contributed by atoms with Gasteiger partial charge < -0.3 is 10.1 Å². The molecule has 0 bridgehead atoms. The van der Waals surface area contributed by atoms with Crippen molar-refractivity contribution in [3.63, 3.8) is 0 Å². The van der Waals surface area contributed by atoms with Gasteiger partial charge in [0.2, 0.25) is 0 Å². The predicted octanol–water partition coefficient (Wildman–Crippen LogP) is 1.28. The van der Waals surface area contributed by atoms with E-state index >= 15 is 0 Å². The third-order valence-corrected chi connectivity index (χ3v) is 3.23. The van der Waals surface area contributed by atoms with Crippen LogP contribution in [0.4, 0.5) is 8.78 Å². The van der Waals surface area contributed by atoms with E-state index in [1.807, 2.05) is 6.92 Å². The molecule has 1 amide bonds. The van der Waals surface area contributed by atoms with Crippen molar-refractivity contribution >= 4 is 5.91 Å². The van der Waals surface area contributed by atoms with E-state index in [9.17, 15) is 18.4 Å². The molecule has 1 aromatic carbocycles. The topological polar surface area (TPSA) is 73.2 Å². The molecular weight excluding hydrogens is 320 g/mol. The van der Waals surface area contributed by atoms with Crippen LogP contribution in [-0.4, -0.2) is 28.6 Å². The third kappa shape index (κ3) is 4.87. The van der Waals surface area contributed by atoms with Crippen LogP contribution in [0.3, 0.4) is 0 Å². The molecule has 8 heteroatoms. The zero-order chi connectivity index (χ0) is 17.5. The molecule has 2 rings (SSSR count). The fraction of sp³-hybridized carbons (Fsp3) is 0.312. The van der Waals surface area contributed by atoms with Gasteiger partial charge in [0.15, 0.2) is 18.2 Å². The third-order valence-electron chi connectivity index (χ3n) is 3.23. The van der Waals surface area contributed by atoms with E-state index in [0.29, 0.717) is 18.2 Å². The minimum atomic E-state index is -0.878. The molecule has 6 nitrogen and oxygen atoms in total. The minimum Gasteiger partial charge on any atom is -0.481 e. The number of aryl methyl sites for hydroxylation is 1. The lowest BCUT2D eigenvalue weighted by Gasteiger charge is -2.09. The summed E-state index contributed by atoms with van der Waals surface area (Å²) in [5.74, 6) is -2.29. The summed E-state index contributed by atoms with van der Waals surface area (Å²) >= 11 is 0. The van der Waals surface area contributed by atoms with Crippen LogP contribution in [0.25, 0.3) is 0 Å². The van der Waals surface area contributed by atoms with Gasteiger partial charge in [0.05, 0.1) is 6.33 Å². The number of halogens is 2. The molecule has 1 heterocycles. The molecule has 0 aliphatic rings. The Hall–Kier alpha value is -2.77. The average Bonchev–Trinajstić information content (AvgIpc) is 2.55. The summed E-state index contributed by atoms with van der Waals surface area (Å²) in [5.41, 5.74) is 0.510. The molecule has 0 spiro atoms. The largest absolute Gasteiger partial charge is 0.481 e. The zero-order valence-electron chi connectivity index (χ0n) is 13.1. The van der Waals surface area contributed by atoms with E-state index in [-0.39, 0.29) is 24.4 Å². The zero-order valence-corrected chi connectivity index (χ0v) is 13.1. The van der Waals surface area contributed by atoms with Gasteiger partial charge in [0.25, 0.3) is 11.5 Å². The van der Waals surface area contributed by atoms with Gasteiger partial charge in [-0.05, 0) is 18.6 Å². The van der Waals surface area contributed by atoms with E-state index in [0.717, 1.165) is 12.1 Å². The van der Waals surface area contributed by atoms with Crippen molar-refractivity contribution in [3.05, 3.63) is 58.3 Å².